The fraction of sp³-hybridized carbons (Fsp3) is 0. The highest BCUT2D eigenvalue weighted by Crippen LogP contribution is 2.40. The molecule has 21 heavy (non-hydrogen) atoms. The maximum absolute atomic E-state index is 10.9. The average Bonchev–Trinajstić information content (AvgIpc) is 2.37. The van der Waals surface area contributed by atoms with Crippen LogP contribution >= 0.6 is 0 Å². The highest BCUT2D eigenvalue weighted by atomic mass is 32.2. The van der Waals surface area contributed by atoms with E-state index >= 15 is 0 Å². The number of benzene rings is 2. The molecule has 0 saturated carbocycles. The lowest BCUT2D eigenvalue weighted by Gasteiger charge is -2.02. The lowest BCUT2D eigenvalue weighted by molar-refractivity contribution is 0.429. The van der Waals surface area contributed by atoms with Gasteiger partial charge in [0.25, 0.3) is 10.1 Å². The molecule has 0 bridgehead atoms. The Labute approximate surface area is 119 Å². The van der Waals surface area contributed by atoms with E-state index in [-0.39, 0.29) is 22.0 Å². The summed E-state index contributed by atoms with van der Waals surface area (Å²) in [6, 6.07) is 6.77. The number of nitrogens with zero attached hydrogens (tertiary/aromatic N) is 2. The Morgan fingerprint density at radius 1 is 0.857 bits per heavy atom. The van der Waals surface area contributed by atoms with Crippen LogP contribution in [0.4, 0.5) is 11.4 Å². The lowest BCUT2D eigenvalue weighted by atomic mass is 10.2. The average molecular weight is 310 g/mol. The van der Waals surface area contributed by atoms with E-state index < -0.39 is 21.6 Å². The second-order valence-corrected chi connectivity index (χ2v) is 5.42. The zero-order chi connectivity index (χ0) is 15.6. The van der Waals surface area contributed by atoms with E-state index in [4.69, 9.17) is 9.66 Å². The molecule has 4 N–H and O–H groups in total. The molecule has 0 saturated heterocycles. The van der Waals surface area contributed by atoms with E-state index in [2.05, 4.69) is 10.2 Å². The van der Waals surface area contributed by atoms with Crippen molar-refractivity contribution in [1.82, 2.24) is 0 Å². The van der Waals surface area contributed by atoms with Gasteiger partial charge in [0.2, 0.25) is 0 Å². The Kier molecular flexibility index (Phi) is 3.78. The molecule has 0 radical (unpaired) electrons. The molecule has 0 unspecified atom stereocenters. The summed E-state index contributed by atoms with van der Waals surface area (Å²) < 4.78 is 30.5. The number of azo groups is 1. The van der Waals surface area contributed by atoms with Gasteiger partial charge in [-0.2, -0.15) is 13.5 Å². The molecule has 0 aromatic heterocycles. The number of hydrogen-bond donors (Lipinski definition) is 4. The first-order valence-electron chi connectivity index (χ1n) is 5.51. The van der Waals surface area contributed by atoms with Gasteiger partial charge in [-0.25, -0.2) is 0 Å². The molecule has 0 aliphatic heterocycles. The smallest absolute Gasteiger partial charge is 0.294 e. The van der Waals surface area contributed by atoms with Crippen molar-refractivity contribution in [3.63, 3.8) is 0 Å². The molecule has 110 valence electrons. The Bertz CT molecular complexity index is 776. The van der Waals surface area contributed by atoms with Crippen molar-refractivity contribution in [2.24, 2.45) is 10.2 Å². The minimum absolute atomic E-state index is 0.231. The summed E-state index contributed by atoms with van der Waals surface area (Å²) in [5.41, 5.74) is -0.0130. The molecule has 8 nitrogen and oxygen atoms in total. The summed E-state index contributed by atoms with van der Waals surface area (Å²) >= 11 is 0. The first-order chi connectivity index (χ1) is 9.77. The van der Waals surface area contributed by atoms with Crippen LogP contribution in [-0.2, 0) is 10.1 Å². The van der Waals surface area contributed by atoms with Crippen LogP contribution < -0.4 is 0 Å². The van der Waals surface area contributed by atoms with Crippen molar-refractivity contribution in [1.29, 1.82) is 0 Å². The Balaban J connectivity index is 2.30. The molecule has 2 rings (SSSR count). The fourth-order valence-corrected chi connectivity index (χ4v) is 1.96. The van der Waals surface area contributed by atoms with Gasteiger partial charge in [0.15, 0.2) is 17.2 Å². The minimum Gasteiger partial charge on any atom is -0.508 e. The van der Waals surface area contributed by atoms with Gasteiger partial charge in [-0.1, -0.05) is 0 Å². The second-order valence-electron chi connectivity index (χ2n) is 4.00. The molecule has 0 aliphatic rings. The Morgan fingerprint density at radius 2 is 1.38 bits per heavy atom. The summed E-state index contributed by atoms with van der Waals surface area (Å²) in [7, 11) is -4.28. The van der Waals surface area contributed by atoms with Crippen molar-refractivity contribution in [3.8, 4) is 17.2 Å². The zero-order valence-corrected chi connectivity index (χ0v) is 11.2. The Hall–Kier alpha value is -2.65. The van der Waals surface area contributed by atoms with Crippen molar-refractivity contribution in [3.05, 3.63) is 36.4 Å². The molecule has 9 heteroatoms. The number of aromatic hydroxyl groups is 3. The second kappa shape index (κ2) is 5.38. The summed E-state index contributed by atoms with van der Waals surface area (Å²) in [6.07, 6.45) is 0. The molecular formula is C12H10N2O6S. The van der Waals surface area contributed by atoms with Gasteiger partial charge in [0.05, 0.1) is 10.6 Å². The molecule has 0 fully saturated rings. The normalized spacial score (nSPS) is 11.9. The van der Waals surface area contributed by atoms with Crippen LogP contribution in [0.25, 0.3) is 0 Å². The van der Waals surface area contributed by atoms with Gasteiger partial charge in [-0.15, -0.1) is 5.11 Å². The number of phenols is 3. The minimum atomic E-state index is -4.28. The van der Waals surface area contributed by atoms with Gasteiger partial charge in [0.1, 0.15) is 5.75 Å². The molecule has 2 aromatic rings. The fourth-order valence-electron chi connectivity index (χ4n) is 1.48. The number of phenolic OH excluding ortho intramolecular Hbond substituents is 3. The van der Waals surface area contributed by atoms with E-state index in [1.165, 1.54) is 12.1 Å². The molecule has 0 amide bonds. The maximum atomic E-state index is 10.9. The first-order valence-corrected chi connectivity index (χ1v) is 6.95. The van der Waals surface area contributed by atoms with Crippen molar-refractivity contribution >= 4 is 21.5 Å². The molecule has 2 aromatic carbocycles. The first kappa shape index (κ1) is 14.8. The lowest BCUT2D eigenvalue weighted by Crippen LogP contribution is -1.96. The molecule has 0 aliphatic carbocycles. The van der Waals surface area contributed by atoms with Crippen LogP contribution in [0.5, 0.6) is 17.2 Å². The number of rotatable bonds is 3. The van der Waals surface area contributed by atoms with Crippen LogP contribution in [0, 0.1) is 0 Å². The van der Waals surface area contributed by atoms with Crippen LogP contribution in [0.2, 0.25) is 0 Å². The predicted molar refractivity (Wildman–Crippen MR) is 71.9 cm³/mol. The third-order valence-electron chi connectivity index (χ3n) is 2.45. The van der Waals surface area contributed by atoms with Crippen molar-refractivity contribution in [2.75, 3.05) is 0 Å². The van der Waals surface area contributed by atoms with Crippen LogP contribution in [0.3, 0.4) is 0 Å². The van der Waals surface area contributed by atoms with Gasteiger partial charge in [0, 0.05) is 12.1 Å². The van der Waals surface area contributed by atoms with Crippen molar-refractivity contribution in [2.45, 2.75) is 4.90 Å². The molecule has 0 spiro atoms. The van der Waals surface area contributed by atoms with Gasteiger partial charge in [-0.05, 0) is 24.3 Å². The third-order valence-corrected chi connectivity index (χ3v) is 3.32. The number of hydrogen-bond acceptors (Lipinski definition) is 7. The topological polar surface area (TPSA) is 140 Å². The van der Waals surface area contributed by atoms with E-state index in [9.17, 15) is 18.6 Å². The quantitative estimate of drug-likeness (QED) is 0.507. The van der Waals surface area contributed by atoms with Crippen LogP contribution in [0.15, 0.2) is 51.5 Å². The molecule has 0 atom stereocenters. The maximum Gasteiger partial charge on any atom is 0.294 e. The SMILES string of the molecule is O=S(=O)(O)c1ccc(N=Nc2c(O)cc(O)cc2O)cc1. The van der Waals surface area contributed by atoms with E-state index in [1.54, 1.807) is 0 Å². The summed E-state index contributed by atoms with van der Waals surface area (Å²) in [5, 5.41) is 35.5. The molecule has 0 heterocycles. The summed E-state index contributed by atoms with van der Waals surface area (Å²) in [6.45, 7) is 0. The van der Waals surface area contributed by atoms with E-state index in [0.29, 0.717) is 0 Å². The Morgan fingerprint density at radius 3 is 1.86 bits per heavy atom. The van der Waals surface area contributed by atoms with Crippen LogP contribution in [0.1, 0.15) is 0 Å². The third kappa shape index (κ3) is 3.46. The molecular weight excluding hydrogens is 300 g/mol. The zero-order valence-electron chi connectivity index (χ0n) is 10.4. The largest absolute Gasteiger partial charge is 0.508 e. The van der Waals surface area contributed by atoms with Crippen LogP contribution in [-0.4, -0.2) is 28.3 Å². The highest BCUT2D eigenvalue weighted by Gasteiger charge is 2.10. The van der Waals surface area contributed by atoms with Gasteiger partial charge in [-0.3, -0.25) is 4.55 Å². The highest BCUT2D eigenvalue weighted by molar-refractivity contribution is 7.85. The van der Waals surface area contributed by atoms with E-state index in [0.717, 1.165) is 24.3 Å². The summed E-state index contributed by atoms with van der Waals surface area (Å²) in [5.74, 6) is -1.27. The predicted octanol–water partition coefficient (Wildman–Crippen LogP) is 2.47. The summed E-state index contributed by atoms with van der Waals surface area (Å²) in [4.78, 5) is -0.295. The standard InChI is InChI=1S/C12H10N2O6S/c15-8-5-10(16)12(11(17)6-8)14-13-7-1-3-9(4-2-7)21(18,19)20/h1-6,15-17H,(H,18,19,20). The van der Waals surface area contributed by atoms with Gasteiger partial charge < -0.3 is 15.3 Å². The van der Waals surface area contributed by atoms with Crippen molar-refractivity contribution < 1.29 is 28.3 Å². The van der Waals surface area contributed by atoms with E-state index in [1.807, 2.05) is 0 Å². The van der Waals surface area contributed by atoms with Gasteiger partial charge >= 0.3 is 0 Å². The monoisotopic (exact) mass is 310 g/mol.